The van der Waals surface area contributed by atoms with Crippen molar-refractivity contribution in [2.45, 2.75) is 38.0 Å². The Morgan fingerprint density at radius 3 is 2.34 bits per heavy atom. The lowest BCUT2D eigenvalue weighted by Crippen LogP contribution is -2.17. The van der Waals surface area contributed by atoms with Crippen LogP contribution >= 0.6 is 0 Å². The molecule has 2 heterocycles. The minimum atomic E-state index is -4.21. The number of hydrogen-bond donors (Lipinski definition) is 2. The molecule has 4 rings (SSSR count). The van der Waals surface area contributed by atoms with Crippen LogP contribution in [0.15, 0.2) is 71.8 Å². The second-order valence-corrected chi connectivity index (χ2v) is 12.1. The highest BCUT2D eigenvalue weighted by atomic mass is 32.2. The molecule has 0 bridgehead atoms. The molecule has 2 aromatic heterocycles. The van der Waals surface area contributed by atoms with Crippen LogP contribution in [0.3, 0.4) is 0 Å². The standard InChI is InChI=1S/C31H34N4O8S/c1-6-41-30(37)23-19-20(15-16-32-23)27-33-28(35-44(38,39)22-13-11-21(12-14-22)31(2,3)4)26(29(34-27)42-18-17-36)43-25-10-8-7-9-24(25)40-5/h7-16,19,36H,6,17-18H2,1-5H3,(H,33,34,35). The molecule has 44 heavy (non-hydrogen) atoms. The van der Waals surface area contributed by atoms with E-state index in [1.807, 2.05) is 20.8 Å². The molecule has 13 heteroatoms. The maximum absolute atomic E-state index is 13.7. The molecule has 0 aliphatic heterocycles. The molecule has 2 aromatic carbocycles. The summed E-state index contributed by atoms with van der Waals surface area (Å²) in [5.41, 5.74) is 1.09. The number of ether oxygens (including phenoxy) is 4. The molecular weight excluding hydrogens is 588 g/mol. The third kappa shape index (κ3) is 7.60. The largest absolute Gasteiger partial charge is 0.493 e. The van der Waals surface area contributed by atoms with Crippen LogP contribution in [-0.2, 0) is 20.2 Å². The number of pyridine rings is 1. The molecule has 232 valence electrons. The second kappa shape index (κ2) is 13.7. The summed E-state index contributed by atoms with van der Waals surface area (Å²) in [6.45, 7) is 7.35. The Balaban J connectivity index is 1.88. The van der Waals surface area contributed by atoms with E-state index < -0.39 is 16.0 Å². The number of benzene rings is 2. The summed E-state index contributed by atoms with van der Waals surface area (Å²) in [5.74, 6) is -0.705. The van der Waals surface area contributed by atoms with Crippen molar-refractivity contribution < 1.29 is 37.3 Å². The molecular formula is C31H34N4O8S. The van der Waals surface area contributed by atoms with Gasteiger partial charge in [0.15, 0.2) is 23.1 Å². The van der Waals surface area contributed by atoms with Crippen LogP contribution in [0.1, 0.15) is 43.7 Å². The van der Waals surface area contributed by atoms with Gasteiger partial charge in [-0.2, -0.15) is 4.98 Å². The topological polar surface area (TPSA) is 159 Å². The average Bonchev–Trinajstić information content (AvgIpc) is 3.01. The second-order valence-electron chi connectivity index (χ2n) is 10.4. The Kier molecular flexibility index (Phi) is 10.0. The van der Waals surface area contributed by atoms with Crippen molar-refractivity contribution in [2.24, 2.45) is 0 Å². The molecule has 0 saturated carbocycles. The van der Waals surface area contributed by atoms with Gasteiger partial charge in [0.05, 0.1) is 25.2 Å². The van der Waals surface area contributed by atoms with Gasteiger partial charge in [0.2, 0.25) is 5.75 Å². The molecule has 0 atom stereocenters. The fourth-order valence-electron chi connectivity index (χ4n) is 3.98. The zero-order valence-electron chi connectivity index (χ0n) is 25.0. The number of rotatable bonds is 12. The number of aliphatic hydroxyl groups is 1. The first-order valence-electron chi connectivity index (χ1n) is 13.7. The maximum Gasteiger partial charge on any atom is 0.356 e. The van der Waals surface area contributed by atoms with E-state index in [2.05, 4.69) is 19.7 Å². The van der Waals surface area contributed by atoms with Crippen molar-refractivity contribution >= 4 is 21.8 Å². The molecule has 0 saturated heterocycles. The monoisotopic (exact) mass is 622 g/mol. The molecule has 0 spiro atoms. The molecule has 0 unspecified atom stereocenters. The Morgan fingerprint density at radius 2 is 1.70 bits per heavy atom. The third-order valence-electron chi connectivity index (χ3n) is 6.21. The number of carbonyl (C=O) groups excluding carboxylic acids is 1. The summed E-state index contributed by atoms with van der Waals surface area (Å²) in [6.07, 6.45) is 1.37. The third-order valence-corrected chi connectivity index (χ3v) is 7.56. The van der Waals surface area contributed by atoms with Gasteiger partial charge >= 0.3 is 5.97 Å². The van der Waals surface area contributed by atoms with Crippen molar-refractivity contribution in [3.63, 3.8) is 0 Å². The van der Waals surface area contributed by atoms with Gasteiger partial charge in [0, 0.05) is 11.8 Å². The van der Waals surface area contributed by atoms with Crippen LogP contribution in [0.5, 0.6) is 23.1 Å². The number of anilines is 1. The molecule has 2 N–H and O–H groups in total. The van der Waals surface area contributed by atoms with Crippen LogP contribution < -0.4 is 18.9 Å². The molecule has 0 aliphatic carbocycles. The number of carbonyl (C=O) groups is 1. The predicted octanol–water partition coefficient (Wildman–Crippen LogP) is 4.99. The summed E-state index contributed by atoms with van der Waals surface area (Å²) in [4.78, 5) is 25.3. The number of aromatic nitrogens is 3. The number of aliphatic hydroxyl groups excluding tert-OH is 1. The maximum atomic E-state index is 13.7. The predicted molar refractivity (Wildman–Crippen MR) is 163 cm³/mol. The highest BCUT2D eigenvalue weighted by molar-refractivity contribution is 7.92. The zero-order chi connectivity index (χ0) is 31.9. The van der Waals surface area contributed by atoms with E-state index in [0.717, 1.165) is 5.56 Å². The van der Waals surface area contributed by atoms with Gasteiger partial charge in [-0.25, -0.2) is 23.2 Å². The fraction of sp³-hybridized carbons (Fsp3) is 0.290. The Labute approximate surface area is 256 Å². The number of methoxy groups -OCH3 is 1. The number of nitrogens with one attached hydrogen (secondary N) is 1. The van der Waals surface area contributed by atoms with E-state index in [9.17, 15) is 18.3 Å². The first-order chi connectivity index (χ1) is 21.0. The van der Waals surface area contributed by atoms with Gasteiger partial charge in [-0.3, -0.25) is 4.72 Å². The van der Waals surface area contributed by atoms with Crippen LogP contribution in [0.4, 0.5) is 5.82 Å². The normalized spacial score (nSPS) is 11.5. The van der Waals surface area contributed by atoms with E-state index in [-0.39, 0.29) is 64.8 Å². The number of esters is 1. The number of para-hydroxylation sites is 2. The number of sulfonamides is 1. The van der Waals surface area contributed by atoms with Gasteiger partial charge in [0.25, 0.3) is 15.9 Å². The Bertz CT molecular complexity index is 1720. The fourth-order valence-corrected chi connectivity index (χ4v) is 4.99. The summed E-state index contributed by atoms with van der Waals surface area (Å²) < 4.78 is 52.1. The van der Waals surface area contributed by atoms with Crippen LogP contribution in [0, 0.1) is 0 Å². The van der Waals surface area contributed by atoms with Crippen molar-refractivity contribution in [3.05, 3.63) is 78.1 Å². The quantitative estimate of drug-likeness (QED) is 0.205. The van der Waals surface area contributed by atoms with Crippen LogP contribution in [0.25, 0.3) is 11.4 Å². The van der Waals surface area contributed by atoms with Gasteiger partial charge in [-0.1, -0.05) is 45.0 Å². The van der Waals surface area contributed by atoms with Crippen LogP contribution in [0.2, 0.25) is 0 Å². The van der Waals surface area contributed by atoms with E-state index in [1.54, 1.807) is 43.3 Å². The van der Waals surface area contributed by atoms with E-state index in [4.69, 9.17) is 18.9 Å². The number of nitrogens with zero attached hydrogens (tertiary/aromatic N) is 3. The van der Waals surface area contributed by atoms with E-state index in [1.165, 1.54) is 37.6 Å². The molecule has 0 radical (unpaired) electrons. The average molecular weight is 623 g/mol. The van der Waals surface area contributed by atoms with Gasteiger partial charge in [-0.05, 0) is 54.3 Å². The van der Waals surface area contributed by atoms with E-state index in [0.29, 0.717) is 11.3 Å². The lowest BCUT2D eigenvalue weighted by molar-refractivity contribution is 0.0519. The molecule has 12 nitrogen and oxygen atoms in total. The first kappa shape index (κ1) is 32.2. The molecule has 0 amide bonds. The minimum absolute atomic E-state index is 0.00111. The highest BCUT2D eigenvalue weighted by Gasteiger charge is 2.26. The Morgan fingerprint density at radius 1 is 1.00 bits per heavy atom. The highest BCUT2D eigenvalue weighted by Crippen LogP contribution is 2.41. The summed E-state index contributed by atoms with van der Waals surface area (Å²) >= 11 is 0. The molecule has 0 fully saturated rings. The van der Waals surface area contributed by atoms with Crippen LogP contribution in [-0.4, -0.2) is 61.4 Å². The summed E-state index contributed by atoms with van der Waals surface area (Å²) in [7, 11) is -2.76. The summed E-state index contributed by atoms with van der Waals surface area (Å²) in [5, 5.41) is 9.51. The molecule has 0 aliphatic rings. The Hall–Kier alpha value is -4.75. The smallest absolute Gasteiger partial charge is 0.356 e. The first-order valence-corrected chi connectivity index (χ1v) is 15.2. The van der Waals surface area contributed by atoms with Crippen molar-refractivity contribution in [1.29, 1.82) is 0 Å². The summed E-state index contributed by atoms with van der Waals surface area (Å²) in [6, 6.07) is 16.2. The van der Waals surface area contributed by atoms with E-state index >= 15 is 0 Å². The van der Waals surface area contributed by atoms with Gasteiger partial charge < -0.3 is 24.1 Å². The van der Waals surface area contributed by atoms with Crippen molar-refractivity contribution in [3.8, 4) is 34.5 Å². The van der Waals surface area contributed by atoms with Crippen molar-refractivity contribution in [1.82, 2.24) is 15.0 Å². The minimum Gasteiger partial charge on any atom is -0.493 e. The lowest BCUT2D eigenvalue weighted by Gasteiger charge is -2.20. The number of hydrogen-bond acceptors (Lipinski definition) is 11. The molecule has 4 aromatic rings. The van der Waals surface area contributed by atoms with Crippen molar-refractivity contribution in [2.75, 3.05) is 31.7 Å². The SMILES string of the molecule is CCOC(=O)c1cc(-c2nc(NS(=O)(=O)c3ccc(C(C)(C)C)cc3)c(Oc3ccccc3OC)c(OCCO)n2)ccn1. The van der Waals surface area contributed by atoms with Gasteiger partial charge in [0.1, 0.15) is 12.3 Å². The van der Waals surface area contributed by atoms with Gasteiger partial charge in [-0.15, -0.1) is 0 Å². The zero-order valence-corrected chi connectivity index (χ0v) is 25.8. The lowest BCUT2D eigenvalue weighted by atomic mass is 9.87.